The van der Waals surface area contributed by atoms with Crippen molar-refractivity contribution in [3.05, 3.63) is 48.0 Å². The van der Waals surface area contributed by atoms with Gasteiger partial charge in [-0.3, -0.25) is 9.59 Å². The molecule has 1 amide bonds. The number of ketones is 1. The smallest absolute Gasteiger partial charge is 0.262 e. The number of Topliss-reactive ketones (excluding diaryl/α,β-unsaturated/α-hetero) is 1. The third kappa shape index (κ3) is 5.51. The molecule has 0 spiro atoms. The number of likely N-dealkylation sites (N-methyl/N-ethyl adjacent to an activating group) is 1. The van der Waals surface area contributed by atoms with E-state index < -0.39 is 0 Å². The number of carbonyl (C=O) groups excluding carboxylic acids is 2. The fourth-order valence-electron chi connectivity index (χ4n) is 3.42. The molecule has 2 aromatic rings. The minimum absolute atomic E-state index is 0.0618. The average Bonchev–Trinajstić information content (AvgIpc) is 2.78. The lowest BCUT2D eigenvalue weighted by Crippen LogP contribution is -2.46. The summed E-state index contributed by atoms with van der Waals surface area (Å²) in [4.78, 5) is 28.5. The summed E-state index contributed by atoms with van der Waals surface area (Å²) >= 11 is 0. The second kappa shape index (κ2) is 10.1. The van der Waals surface area contributed by atoms with Crippen molar-refractivity contribution in [3.63, 3.8) is 0 Å². The number of anilines is 2. The molecule has 0 atom stereocenters. The van der Waals surface area contributed by atoms with Gasteiger partial charge in [0, 0.05) is 43.1 Å². The summed E-state index contributed by atoms with van der Waals surface area (Å²) in [6.45, 7) is 8.78. The summed E-state index contributed by atoms with van der Waals surface area (Å²) in [5, 5.41) is 2.84. The third-order valence-corrected chi connectivity index (χ3v) is 5.26. The van der Waals surface area contributed by atoms with Crippen LogP contribution in [0, 0.1) is 0 Å². The molecule has 1 N–H and O–H groups in total. The van der Waals surface area contributed by atoms with Crippen molar-refractivity contribution in [2.75, 3.05) is 56.7 Å². The second-order valence-electron chi connectivity index (χ2n) is 7.23. The van der Waals surface area contributed by atoms with Crippen LogP contribution in [0.25, 0.3) is 0 Å². The van der Waals surface area contributed by atoms with Crippen LogP contribution in [-0.2, 0) is 4.79 Å². The van der Waals surface area contributed by atoms with Gasteiger partial charge in [0.15, 0.2) is 23.9 Å². The zero-order valence-electron chi connectivity index (χ0n) is 17.8. The summed E-state index contributed by atoms with van der Waals surface area (Å²) in [6.07, 6.45) is 0. The van der Waals surface area contributed by atoms with Crippen molar-refractivity contribution in [1.29, 1.82) is 0 Å². The zero-order chi connectivity index (χ0) is 21.5. The quantitative estimate of drug-likeness (QED) is 0.674. The molecule has 1 heterocycles. The Kier molecular flexibility index (Phi) is 7.30. The van der Waals surface area contributed by atoms with Gasteiger partial charge in [0.05, 0.1) is 7.11 Å². The molecule has 7 heteroatoms. The van der Waals surface area contributed by atoms with Gasteiger partial charge in [0.2, 0.25) is 0 Å². The number of methoxy groups -OCH3 is 1. The number of nitrogens with one attached hydrogen (secondary N) is 1. The molecule has 1 aliphatic rings. The monoisotopic (exact) mass is 411 g/mol. The highest BCUT2D eigenvalue weighted by molar-refractivity contribution is 5.95. The molecule has 2 aromatic carbocycles. The first-order valence-corrected chi connectivity index (χ1v) is 10.2. The molecular formula is C23H29N3O4. The maximum atomic E-state index is 12.3. The van der Waals surface area contributed by atoms with Crippen molar-refractivity contribution in [2.45, 2.75) is 13.8 Å². The van der Waals surface area contributed by atoms with Crippen molar-refractivity contribution < 1.29 is 19.1 Å². The van der Waals surface area contributed by atoms with Gasteiger partial charge in [-0.25, -0.2) is 0 Å². The Balaban J connectivity index is 1.52. The topological polar surface area (TPSA) is 71.1 Å². The van der Waals surface area contributed by atoms with Crippen LogP contribution >= 0.6 is 0 Å². The Labute approximate surface area is 177 Å². The molecule has 0 radical (unpaired) electrons. The van der Waals surface area contributed by atoms with Crippen molar-refractivity contribution >= 4 is 23.1 Å². The molecule has 0 aromatic heterocycles. The Morgan fingerprint density at radius 3 is 2.30 bits per heavy atom. The molecule has 0 aliphatic carbocycles. The van der Waals surface area contributed by atoms with E-state index >= 15 is 0 Å². The summed E-state index contributed by atoms with van der Waals surface area (Å²) in [5.74, 6) is 0.507. The molecule has 0 bridgehead atoms. The van der Waals surface area contributed by atoms with Crippen LogP contribution in [0.2, 0.25) is 0 Å². The summed E-state index contributed by atoms with van der Waals surface area (Å²) < 4.78 is 10.8. The maximum Gasteiger partial charge on any atom is 0.262 e. The Morgan fingerprint density at radius 1 is 1.00 bits per heavy atom. The average molecular weight is 412 g/mol. The standard InChI is InChI=1S/C23H29N3O4/c1-4-25-11-13-26(14-12-25)20-8-6-19(7-9-20)24-23(28)16-30-21-10-5-18(17(2)27)15-22(21)29-3/h5-10,15H,4,11-14,16H2,1-3H3,(H,24,28). The number of benzene rings is 2. The molecule has 30 heavy (non-hydrogen) atoms. The Hall–Kier alpha value is -3.06. The highest BCUT2D eigenvalue weighted by atomic mass is 16.5. The van der Waals surface area contributed by atoms with Crippen LogP contribution in [0.5, 0.6) is 11.5 Å². The van der Waals surface area contributed by atoms with Crippen LogP contribution in [0.4, 0.5) is 11.4 Å². The molecular weight excluding hydrogens is 382 g/mol. The van der Waals surface area contributed by atoms with E-state index in [0.29, 0.717) is 17.1 Å². The molecule has 7 nitrogen and oxygen atoms in total. The number of hydrogen-bond donors (Lipinski definition) is 1. The van der Waals surface area contributed by atoms with Crippen LogP contribution in [-0.4, -0.2) is 63.0 Å². The highest BCUT2D eigenvalue weighted by Crippen LogP contribution is 2.28. The molecule has 1 fully saturated rings. The van der Waals surface area contributed by atoms with E-state index in [1.807, 2.05) is 24.3 Å². The number of rotatable bonds is 8. The molecule has 1 aliphatic heterocycles. The van der Waals surface area contributed by atoms with E-state index in [1.165, 1.54) is 14.0 Å². The summed E-state index contributed by atoms with van der Waals surface area (Å²) in [7, 11) is 1.50. The predicted molar refractivity (Wildman–Crippen MR) is 118 cm³/mol. The van der Waals surface area contributed by atoms with Gasteiger partial charge in [0.1, 0.15) is 0 Å². The van der Waals surface area contributed by atoms with Crippen LogP contribution in [0.1, 0.15) is 24.2 Å². The number of hydrogen-bond acceptors (Lipinski definition) is 6. The first-order chi connectivity index (χ1) is 14.5. The fraction of sp³-hybridized carbons (Fsp3) is 0.391. The number of amides is 1. The molecule has 3 rings (SSSR count). The highest BCUT2D eigenvalue weighted by Gasteiger charge is 2.16. The van der Waals surface area contributed by atoms with E-state index in [-0.39, 0.29) is 18.3 Å². The Morgan fingerprint density at radius 2 is 1.70 bits per heavy atom. The summed E-state index contributed by atoms with van der Waals surface area (Å²) in [5.41, 5.74) is 2.41. The minimum Gasteiger partial charge on any atom is -0.493 e. The van der Waals surface area contributed by atoms with Gasteiger partial charge in [0.25, 0.3) is 5.91 Å². The predicted octanol–water partition coefficient (Wildman–Crippen LogP) is 3.06. The molecule has 160 valence electrons. The number of carbonyl (C=O) groups is 2. The summed E-state index contributed by atoms with van der Waals surface area (Å²) in [6, 6.07) is 12.8. The number of ether oxygens (including phenoxy) is 2. The van der Waals surface area contributed by atoms with E-state index in [2.05, 4.69) is 22.0 Å². The number of nitrogens with zero attached hydrogens (tertiary/aromatic N) is 2. The molecule has 0 unspecified atom stereocenters. The van der Waals surface area contributed by atoms with Gasteiger partial charge >= 0.3 is 0 Å². The van der Waals surface area contributed by atoms with Crippen molar-refractivity contribution in [1.82, 2.24) is 4.90 Å². The lowest BCUT2D eigenvalue weighted by Gasteiger charge is -2.35. The van der Waals surface area contributed by atoms with Gasteiger partial charge in [-0.2, -0.15) is 0 Å². The van der Waals surface area contributed by atoms with Gasteiger partial charge < -0.3 is 24.6 Å². The SMILES string of the molecule is CCN1CCN(c2ccc(NC(=O)COc3ccc(C(C)=O)cc3OC)cc2)CC1. The van der Waals surface area contributed by atoms with E-state index in [1.54, 1.807) is 18.2 Å². The van der Waals surface area contributed by atoms with Crippen LogP contribution < -0.4 is 19.7 Å². The third-order valence-electron chi connectivity index (χ3n) is 5.26. The van der Waals surface area contributed by atoms with Crippen molar-refractivity contribution in [3.8, 4) is 11.5 Å². The largest absolute Gasteiger partial charge is 0.493 e. The second-order valence-corrected chi connectivity index (χ2v) is 7.23. The van der Waals surface area contributed by atoms with E-state index in [0.717, 1.165) is 44.1 Å². The maximum absolute atomic E-state index is 12.3. The van der Waals surface area contributed by atoms with Gasteiger partial charge in [-0.15, -0.1) is 0 Å². The van der Waals surface area contributed by atoms with Crippen LogP contribution in [0.3, 0.4) is 0 Å². The number of piperazine rings is 1. The minimum atomic E-state index is -0.267. The molecule has 0 saturated carbocycles. The van der Waals surface area contributed by atoms with E-state index in [9.17, 15) is 9.59 Å². The van der Waals surface area contributed by atoms with Crippen molar-refractivity contribution in [2.24, 2.45) is 0 Å². The normalized spacial score (nSPS) is 14.3. The molecule has 1 saturated heterocycles. The van der Waals surface area contributed by atoms with Gasteiger partial charge in [-0.05, 0) is 55.9 Å². The first-order valence-electron chi connectivity index (χ1n) is 10.2. The fourth-order valence-corrected chi connectivity index (χ4v) is 3.42. The lowest BCUT2D eigenvalue weighted by atomic mass is 10.1. The zero-order valence-corrected chi connectivity index (χ0v) is 17.8. The Bertz CT molecular complexity index is 875. The first kappa shape index (κ1) is 21.6. The lowest BCUT2D eigenvalue weighted by molar-refractivity contribution is -0.118. The van der Waals surface area contributed by atoms with E-state index in [4.69, 9.17) is 9.47 Å². The van der Waals surface area contributed by atoms with Crippen LogP contribution in [0.15, 0.2) is 42.5 Å². The van der Waals surface area contributed by atoms with Gasteiger partial charge in [-0.1, -0.05) is 6.92 Å².